The summed E-state index contributed by atoms with van der Waals surface area (Å²) in [5, 5.41) is 28.0. The topological polar surface area (TPSA) is 90.5 Å². The van der Waals surface area contributed by atoms with E-state index < -0.39 is 5.97 Å². The Morgan fingerprint density at radius 1 is 1.20 bits per heavy atom. The van der Waals surface area contributed by atoms with Crippen LogP contribution in [0.1, 0.15) is 15.9 Å². The van der Waals surface area contributed by atoms with Gasteiger partial charge < -0.3 is 14.9 Å². The fraction of sp³-hybridized carbons (Fsp3) is 0.0667. The number of nitrogens with zero attached hydrogens (tertiary/aromatic N) is 1. The van der Waals surface area contributed by atoms with Crippen molar-refractivity contribution in [2.24, 2.45) is 0 Å². The summed E-state index contributed by atoms with van der Waals surface area (Å²) in [6.45, 7) is 0. The van der Waals surface area contributed by atoms with E-state index in [0.29, 0.717) is 16.9 Å². The Kier molecular flexibility index (Phi) is 3.58. The summed E-state index contributed by atoms with van der Waals surface area (Å²) < 4.78 is 4.98. The van der Waals surface area contributed by atoms with Crippen molar-refractivity contribution in [3.63, 3.8) is 0 Å². The molecule has 0 radical (unpaired) electrons. The van der Waals surface area contributed by atoms with E-state index >= 15 is 0 Å². The third kappa shape index (κ3) is 2.40. The van der Waals surface area contributed by atoms with E-state index in [1.807, 2.05) is 6.07 Å². The van der Waals surface area contributed by atoms with Gasteiger partial charge in [-0.3, -0.25) is 0 Å². The second-order valence-corrected chi connectivity index (χ2v) is 4.06. The zero-order chi connectivity index (χ0) is 14.7. The average molecular weight is 269 g/mol. The van der Waals surface area contributed by atoms with E-state index in [-0.39, 0.29) is 16.9 Å². The first-order valence-electron chi connectivity index (χ1n) is 5.71. The first-order chi connectivity index (χ1) is 9.56. The fourth-order valence-electron chi connectivity index (χ4n) is 1.89. The predicted molar refractivity (Wildman–Crippen MR) is 71.8 cm³/mol. The third-order valence-electron chi connectivity index (χ3n) is 2.87. The SMILES string of the molecule is COc1ccc(-c2ccc(C#N)cc2C(=O)O)c(O)c1. The molecule has 0 spiro atoms. The van der Waals surface area contributed by atoms with Gasteiger partial charge in [-0.25, -0.2) is 4.79 Å². The highest BCUT2D eigenvalue weighted by Crippen LogP contribution is 2.34. The number of benzene rings is 2. The zero-order valence-electron chi connectivity index (χ0n) is 10.6. The smallest absolute Gasteiger partial charge is 0.336 e. The first-order valence-corrected chi connectivity index (χ1v) is 5.71. The standard InChI is InChI=1S/C15H11NO4/c1-20-10-3-5-12(14(17)7-10)11-4-2-9(8-16)6-13(11)15(18)19/h2-7,17H,1H3,(H,18,19). The summed E-state index contributed by atoms with van der Waals surface area (Å²) in [4.78, 5) is 11.3. The molecular weight excluding hydrogens is 258 g/mol. The number of carboxylic acid groups (broad SMARTS) is 1. The van der Waals surface area contributed by atoms with Crippen LogP contribution in [-0.2, 0) is 0 Å². The normalized spacial score (nSPS) is 9.80. The maximum absolute atomic E-state index is 11.3. The van der Waals surface area contributed by atoms with Crippen molar-refractivity contribution in [3.8, 4) is 28.7 Å². The fourth-order valence-corrected chi connectivity index (χ4v) is 1.89. The second kappa shape index (κ2) is 5.33. The zero-order valence-corrected chi connectivity index (χ0v) is 10.6. The van der Waals surface area contributed by atoms with E-state index in [1.165, 1.54) is 31.4 Å². The van der Waals surface area contributed by atoms with Crippen LogP contribution >= 0.6 is 0 Å². The number of rotatable bonds is 3. The highest BCUT2D eigenvalue weighted by atomic mass is 16.5. The number of ether oxygens (including phenoxy) is 1. The van der Waals surface area contributed by atoms with E-state index in [4.69, 9.17) is 10.00 Å². The molecule has 0 unspecified atom stereocenters. The third-order valence-corrected chi connectivity index (χ3v) is 2.87. The van der Waals surface area contributed by atoms with Crippen LogP contribution in [0.15, 0.2) is 36.4 Å². The summed E-state index contributed by atoms with van der Waals surface area (Å²) in [5.74, 6) is -0.777. The van der Waals surface area contributed by atoms with Gasteiger partial charge in [-0.05, 0) is 29.8 Å². The van der Waals surface area contributed by atoms with Gasteiger partial charge in [0.05, 0.1) is 24.3 Å². The summed E-state index contributed by atoms with van der Waals surface area (Å²) in [6.07, 6.45) is 0. The Balaban J connectivity index is 2.64. The molecule has 0 saturated carbocycles. The van der Waals surface area contributed by atoms with Crippen molar-refractivity contribution < 1.29 is 19.7 Å². The summed E-state index contributed by atoms with van der Waals surface area (Å²) >= 11 is 0. The molecule has 0 aromatic heterocycles. The van der Waals surface area contributed by atoms with Gasteiger partial charge >= 0.3 is 5.97 Å². The summed E-state index contributed by atoms with van der Waals surface area (Å²) in [5.41, 5.74) is 0.924. The molecule has 0 bridgehead atoms. The Labute approximate surface area is 115 Å². The number of phenols is 1. The molecule has 20 heavy (non-hydrogen) atoms. The lowest BCUT2D eigenvalue weighted by Crippen LogP contribution is -2.00. The monoisotopic (exact) mass is 269 g/mol. The molecule has 0 atom stereocenters. The minimum atomic E-state index is -1.16. The molecule has 100 valence electrons. The van der Waals surface area contributed by atoms with Crippen LogP contribution < -0.4 is 4.74 Å². The number of hydrogen-bond acceptors (Lipinski definition) is 4. The van der Waals surface area contributed by atoms with Crippen molar-refractivity contribution in [3.05, 3.63) is 47.5 Å². The Morgan fingerprint density at radius 3 is 2.45 bits per heavy atom. The molecule has 5 heteroatoms. The van der Waals surface area contributed by atoms with Crippen molar-refractivity contribution >= 4 is 5.97 Å². The van der Waals surface area contributed by atoms with Gasteiger partial charge in [0.1, 0.15) is 11.5 Å². The average Bonchev–Trinajstić information content (AvgIpc) is 2.46. The molecule has 2 aromatic rings. The molecule has 0 aliphatic rings. The van der Waals surface area contributed by atoms with E-state index in [1.54, 1.807) is 12.1 Å². The van der Waals surface area contributed by atoms with Gasteiger partial charge in [0.25, 0.3) is 0 Å². The van der Waals surface area contributed by atoms with Crippen LogP contribution in [0.3, 0.4) is 0 Å². The van der Waals surface area contributed by atoms with Crippen LogP contribution in [0.25, 0.3) is 11.1 Å². The van der Waals surface area contributed by atoms with Gasteiger partial charge in [0.15, 0.2) is 0 Å². The summed E-state index contributed by atoms with van der Waals surface area (Å²) in [7, 11) is 1.47. The molecule has 0 aliphatic carbocycles. The minimum absolute atomic E-state index is 0.0375. The predicted octanol–water partition coefficient (Wildman–Crippen LogP) is 2.64. The Hall–Kier alpha value is -3.00. The number of hydrogen-bond donors (Lipinski definition) is 2. The lowest BCUT2D eigenvalue weighted by atomic mass is 9.97. The first kappa shape index (κ1) is 13.4. The molecule has 5 nitrogen and oxygen atoms in total. The maximum Gasteiger partial charge on any atom is 0.336 e. The van der Waals surface area contributed by atoms with E-state index in [2.05, 4.69) is 0 Å². The number of carboxylic acids is 1. The quantitative estimate of drug-likeness (QED) is 0.893. The van der Waals surface area contributed by atoms with Crippen LogP contribution in [0.2, 0.25) is 0 Å². The number of aromatic carboxylic acids is 1. The van der Waals surface area contributed by atoms with Gasteiger partial charge in [-0.15, -0.1) is 0 Å². The number of phenolic OH excluding ortho intramolecular Hbond substituents is 1. The van der Waals surface area contributed by atoms with Crippen molar-refractivity contribution in [2.75, 3.05) is 7.11 Å². The molecule has 0 amide bonds. The second-order valence-electron chi connectivity index (χ2n) is 4.06. The lowest BCUT2D eigenvalue weighted by Gasteiger charge is -2.10. The Morgan fingerprint density at radius 2 is 1.90 bits per heavy atom. The van der Waals surface area contributed by atoms with Crippen molar-refractivity contribution in [1.82, 2.24) is 0 Å². The van der Waals surface area contributed by atoms with Crippen LogP contribution in [0.4, 0.5) is 0 Å². The van der Waals surface area contributed by atoms with Crippen molar-refractivity contribution in [2.45, 2.75) is 0 Å². The largest absolute Gasteiger partial charge is 0.507 e. The number of nitriles is 1. The summed E-state index contributed by atoms with van der Waals surface area (Å²) in [6, 6.07) is 10.8. The lowest BCUT2D eigenvalue weighted by molar-refractivity contribution is 0.0697. The Bertz CT molecular complexity index is 716. The highest BCUT2D eigenvalue weighted by Gasteiger charge is 2.15. The molecule has 2 aromatic carbocycles. The molecule has 0 fully saturated rings. The number of carbonyl (C=O) groups is 1. The van der Waals surface area contributed by atoms with Crippen LogP contribution in [0, 0.1) is 11.3 Å². The van der Waals surface area contributed by atoms with Crippen LogP contribution in [0.5, 0.6) is 11.5 Å². The number of methoxy groups -OCH3 is 1. The molecule has 0 saturated heterocycles. The van der Waals surface area contributed by atoms with Gasteiger partial charge in [0, 0.05) is 11.6 Å². The molecule has 0 aliphatic heterocycles. The van der Waals surface area contributed by atoms with Gasteiger partial charge in [-0.1, -0.05) is 6.07 Å². The molecule has 2 rings (SSSR count). The van der Waals surface area contributed by atoms with Gasteiger partial charge in [0.2, 0.25) is 0 Å². The van der Waals surface area contributed by atoms with Crippen LogP contribution in [-0.4, -0.2) is 23.3 Å². The molecular formula is C15H11NO4. The van der Waals surface area contributed by atoms with E-state index in [0.717, 1.165) is 0 Å². The molecule has 0 heterocycles. The van der Waals surface area contributed by atoms with E-state index in [9.17, 15) is 15.0 Å². The minimum Gasteiger partial charge on any atom is -0.507 e. The number of aromatic hydroxyl groups is 1. The maximum atomic E-state index is 11.3. The van der Waals surface area contributed by atoms with Gasteiger partial charge in [-0.2, -0.15) is 5.26 Å². The molecule has 2 N–H and O–H groups in total. The highest BCUT2D eigenvalue weighted by molar-refractivity contribution is 5.97. The van der Waals surface area contributed by atoms with Crippen molar-refractivity contribution in [1.29, 1.82) is 5.26 Å².